The van der Waals surface area contributed by atoms with Gasteiger partial charge in [0.2, 0.25) is 5.91 Å². The Morgan fingerprint density at radius 2 is 2.00 bits per heavy atom. The van der Waals surface area contributed by atoms with E-state index in [2.05, 4.69) is 10.6 Å². The number of aliphatic hydroxyl groups is 1. The van der Waals surface area contributed by atoms with E-state index >= 15 is 0 Å². The lowest BCUT2D eigenvalue weighted by atomic mass is 10.0. The van der Waals surface area contributed by atoms with E-state index in [0.29, 0.717) is 12.1 Å². The van der Waals surface area contributed by atoms with Crippen molar-refractivity contribution in [3.63, 3.8) is 0 Å². The second-order valence-corrected chi connectivity index (χ2v) is 4.48. The van der Waals surface area contributed by atoms with Gasteiger partial charge >= 0.3 is 0 Å². The second kappa shape index (κ2) is 6.47. The summed E-state index contributed by atoms with van der Waals surface area (Å²) in [5.41, 5.74) is 0.0885. The Morgan fingerprint density at radius 3 is 2.50 bits per heavy atom. The fraction of sp³-hybridized carbons (Fsp3) is 0.462. The Labute approximate surface area is 106 Å². The van der Waals surface area contributed by atoms with Crippen LogP contribution < -0.4 is 10.6 Å². The number of hydrogen-bond donors (Lipinski definition) is 3. The van der Waals surface area contributed by atoms with Gasteiger partial charge in [0.1, 0.15) is 5.82 Å². The molecule has 0 spiro atoms. The number of rotatable bonds is 6. The Balaban J connectivity index is 2.45. The number of halogens is 1. The molecule has 4 nitrogen and oxygen atoms in total. The van der Waals surface area contributed by atoms with E-state index in [9.17, 15) is 14.3 Å². The predicted molar refractivity (Wildman–Crippen MR) is 68.8 cm³/mol. The van der Waals surface area contributed by atoms with Gasteiger partial charge in [-0.2, -0.15) is 0 Å². The molecule has 0 aliphatic carbocycles. The van der Waals surface area contributed by atoms with Crippen molar-refractivity contribution in [1.29, 1.82) is 0 Å². The van der Waals surface area contributed by atoms with Gasteiger partial charge in [-0.05, 0) is 37.6 Å². The van der Waals surface area contributed by atoms with Crippen molar-refractivity contribution in [2.75, 3.05) is 18.5 Å². The molecule has 0 aliphatic heterocycles. The quantitative estimate of drug-likeness (QED) is 0.721. The normalized spacial score (nSPS) is 14.0. The monoisotopic (exact) mass is 254 g/mol. The minimum atomic E-state index is -0.458. The number of aliphatic hydroxyl groups excluding tert-OH is 1. The third-order valence-corrected chi connectivity index (χ3v) is 2.93. The van der Waals surface area contributed by atoms with Crippen LogP contribution >= 0.6 is 0 Å². The van der Waals surface area contributed by atoms with Gasteiger partial charge in [0.05, 0.1) is 13.2 Å². The molecular weight excluding hydrogens is 235 g/mol. The van der Waals surface area contributed by atoms with Crippen molar-refractivity contribution in [2.24, 2.45) is 0 Å². The topological polar surface area (TPSA) is 61.4 Å². The highest BCUT2D eigenvalue weighted by molar-refractivity contribution is 5.92. The maximum atomic E-state index is 12.7. The van der Waals surface area contributed by atoms with Crippen molar-refractivity contribution in [1.82, 2.24) is 5.32 Å². The van der Waals surface area contributed by atoms with Gasteiger partial charge in [0, 0.05) is 11.2 Å². The van der Waals surface area contributed by atoms with Gasteiger partial charge in [0.15, 0.2) is 0 Å². The van der Waals surface area contributed by atoms with Gasteiger partial charge in [-0.3, -0.25) is 4.79 Å². The fourth-order valence-electron chi connectivity index (χ4n) is 1.32. The molecule has 0 heterocycles. The molecule has 1 atom stereocenters. The maximum Gasteiger partial charge on any atom is 0.238 e. The summed E-state index contributed by atoms with van der Waals surface area (Å²) in [7, 11) is 0. The number of benzene rings is 1. The van der Waals surface area contributed by atoms with E-state index in [4.69, 9.17) is 0 Å². The van der Waals surface area contributed by atoms with Crippen LogP contribution in [0.2, 0.25) is 0 Å². The zero-order chi connectivity index (χ0) is 13.6. The molecule has 0 saturated carbocycles. The molecule has 100 valence electrons. The number of nitrogens with one attached hydrogen (secondary N) is 2. The maximum absolute atomic E-state index is 12.7. The van der Waals surface area contributed by atoms with E-state index in [-0.39, 0.29) is 24.9 Å². The standard InChI is InChI=1S/C13H19FN2O2/c1-3-13(2,9-17)15-8-12(18)16-11-6-4-10(14)5-7-11/h4-7,15,17H,3,8-9H2,1-2H3,(H,16,18). The SMILES string of the molecule is CCC(C)(CO)NCC(=O)Nc1ccc(F)cc1. The van der Waals surface area contributed by atoms with Gasteiger partial charge in [-0.25, -0.2) is 4.39 Å². The van der Waals surface area contributed by atoms with E-state index in [1.807, 2.05) is 13.8 Å². The van der Waals surface area contributed by atoms with Crippen LogP contribution in [0.4, 0.5) is 10.1 Å². The molecule has 18 heavy (non-hydrogen) atoms. The Kier molecular flexibility index (Phi) is 5.25. The minimum Gasteiger partial charge on any atom is -0.394 e. The molecule has 5 heteroatoms. The summed E-state index contributed by atoms with van der Waals surface area (Å²) < 4.78 is 12.7. The first kappa shape index (κ1) is 14.6. The summed E-state index contributed by atoms with van der Waals surface area (Å²) in [5.74, 6) is -0.570. The molecule has 1 aromatic carbocycles. The molecule has 1 amide bonds. The van der Waals surface area contributed by atoms with Crippen LogP contribution in [-0.2, 0) is 4.79 Å². The third kappa shape index (κ3) is 4.43. The highest BCUT2D eigenvalue weighted by Gasteiger charge is 2.20. The van der Waals surface area contributed by atoms with Crippen LogP contribution in [0.25, 0.3) is 0 Å². The fourth-order valence-corrected chi connectivity index (χ4v) is 1.32. The zero-order valence-corrected chi connectivity index (χ0v) is 10.7. The van der Waals surface area contributed by atoms with Crippen LogP contribution in [0, 0.1) is 5.82 Å². The van der Waals surface area contributed by atoms with E-state index < -0.39 is 5.54 Å². The van der Waals surface area contributed by atoms with Crippen LogP contribution in [-0.4, -0.2) is 29.7 Å². The molecule has 0 aromatic heterocycles. The molecule has 1 rings (SSSR count). The molecular formula is C13H19FN2O2. The van der Waals surface area contributed by atoms with E-state index in [0.717, 1.165) is 0 Å². The molecule has 0 radical (unpaired) electrons. The Bertz CT molecular complexity index is 388. The van der Waals surface area contributed by atoms with Gasteiger partial charge in [-0.15, -0.1) is 0 Å². The van der Waals surface area contributed by atoms with Crippen LogP contribution in [0.1, 0.15) is 20.3 Å². The molecule has 3 N–H and O–H groups in total. The summed E-state index contributed by atoms with van der Waals surface area (Å²) in [6, 6.07) is 5.57. The first-order chi connectivity index (χ1) is 8.49. The minimum absolute atomic E-state index is 0.0344. The van der Waals surface area contributed by atoms with Crippen LogP contribution in [0.5, 0.6) is 0 Å². The Hall–Kier alpha value is -1.46. The third-order valence-electron chi connectivity index (χ3n) is 2.93. The molecule has 0 saturated heterocycles. The largest absolute Gasteiger partial charge is 0.394 e. The zero-order valence-electron chi connectivity index (χ0n) is 10.7. The van der Waals surface area contributed by atoms with Crippen molar-refractivity contribution in [3.8, 4) is 0 Å². The predicted octanol–water partition coefficient (Wildman–Crippen LogP) is 1.51. The van der Waals surface area contributed by atoms with Crippen molar-refractivity contribution < 1.29 is 14.3 Å². The van der Waals surface area contributed by atoms with Gasteiger partial charge < -0.3 is 15.7 Å². The van der Waals surface area contributed by atoms with Crippen molar-refractivity contribution >= 4 is 11.6 Å². The lowest BCUT2D eigenvalue weighted by molar-refractivity contribution is -0.115. The van der Waals surface area contributed by atoms with Crippen molar-refractivity contribution in [2.45, 2.75) is 25.8 Å². The van der Waals surface area contributed by atoms with Crippen LogP contribution in [0.15, 0.2) is 24.3 Å². The average molecular weight is 254 g/mol. The number of hydrogen-bond acceptors (Lipinski definition) is 3. The van der Waals surface area contributed by atoms with Crippen LogP contribution in [0.3, 0.4) is 0 Å². The number of anilines is 1. The summed E-state index contributed by atoms with van der Waals surface area (Å²) >= 11 is 0. The average Bonchev–Trinajstić information content (AvgIpc) is 2.39. The highest BCUT2D eigenvalue weighted by Crippen LogP contribution is 2.09. The highest BCUT2D eigenvalue weighted by atomic mass is 19.1. The molecule has 0 aliphatic rings. The molecule has 0 fully saturated rings. The summed E-state index contributed by atoms with van der Waals surface area (Å²) in [4.78, 5) is 11.6. The van der Waals surface area contributed by atoms with E-state index in [1.54, 1.807) is 0 Å². The summed E-state index contributed by atoms with van der Waals surface area (Å²) in [6.07, 6.45) is 0.716. The smallest absolute Gasteiger partial charge is 0.238 e. The summed E-state index contributed by atoms with van der Waals surface area (Å²) in [5, 5.41) is 14.8. The first-order valence-electron chi connectivity index (χ1n) is 5.90. The lowest BCUT2D eigenvalue weighted by Crippen LogP contribution is -2.48. The second-order valence-electron chi connectivity index (χ2n) is 4.48. The van der Waals surface area contributed by atoms with Gasteiger partial charge in [0.25, 0.3) is 0 Å². The molecule has 1 unspecified atom stereocenters. The molecule has 0 bridgehead atoms. The Morgan fingerprint density at radius 1 is 1.39 bits per heavy atom. The first-order valence-corrected chi connectivity index (χ1v) is 5.90. The number of carbonyl (C=O) groups is 1. The lowest BCUT2D eigenvalue weighted by Gasteiger charge is -2.26. The van der Waals surface area contributed by atoms with Gasteiger partial charge in [-0.1, -0.05) is 6.92 Å². The number of amides is 1. The molecule has 1 aromatic rings. The number of carbonyl (C=O) groups excluding carboxylic acids is 1. The van der Waals surface area contributed by atoms with Crippen molar-refractivity contribution in [3.05, 3.63) is 30.1 Å². The van der Waals surface area contributed by atoms with E-state index in [1.165, 1.54) is 24.3 Å². The summed E-state index contributed by atoms with van der Waals surface area (Å²) in [6.45, 7) is 3.84.